The van der Waals surface area contributed by atoms with Gasteiger partial charge in [-0.15, -0.1) is 0 Å². The van der Waals surface area contributed by atoms with Gasteiger partial charge in [0.25, 0.3) is 0 Å². The number of hydrogen-bond donors (Lipinski definition) is 1. The number of nitrogens with zero attached hydrogens (tertiary/aromatic N) is 3. The number of benzene rings is 2. The molecular formula is C23H23BrN4O4. The molecular weight excluding hydrogens is 476 g/mol. The first-order valence-electron chi connectivity index (χ1n) is 10.1. The van der Waals surface area contributed by atoms with Crippen LogP contribution in [0, 0.1) is 0 Å². The molecule has 1 unspecified atom stereocenters. The molecule has 0 saturated heterocycles. The van der Waals surface area contributed by atoms with E-state index in [1.54, 1.807) is 11.8 Å². The molecule has 1 aliphatic rings. The maximum Gasteiger partial charge on any atom is 0.338 e. The molecule has 0 fully saturated rings. The van der Waals surface area contributed by atoms with Crippen molar-refractivity contribution in [2.75, 3.05) is 19.0 Å². The quantitative estimate of drug-likeness (QED) is 0.480. The summed E-state index contributed by atoms with van der Waals surface area (Å²) >= 11 is 3.56. The minimum absolute atomic E-state index is 0.171. The monoisotopic (exact) mass is 498 g/mol. The third kappa shape index (κ3) is 4.20. The van der Waals surface area contributed by atoms with Crippen molar-refractivity contribution in [2.24, 2.45) is 0 Å². The zero-order valence-corrected chi connectivity index (χ0v) is 19.5. The Morgan fingerprint density at radius 1 is 1.25 bits per heavy atom. The molecule has 2 aromatic carbocycles. The largest absolute Gasteiger partial charge is 0.492 e. The van der Waals surface area contributed by atoms with Gasteiger partial charge in [-0.25, -0.2) is 9.48 Å². The minimum Gasteiger partial charge on any atom is -0.492 e. The van der Waals surface area contributed by atoms with E-state index in [-0.39, 0.29) is 6.61 Å². The van der Waals surface area contributed by atoms with Gasteiger partial charge >= 0.3 is 5.97 Å². The van der Waals surface area contributed by atoms with Crippen LogP contribution in [0.5, 0.6) is 11.5 Å². The van der Waals surface area contributed by atoms with E-state index in [1.165, 1.54) is 6.33 Å². The fourth-order valence-electron chi connectivity index (χ4n) is 3.67. The summed E-state index contributed by atoms with van der Waals surface area (Å²) in [7, 11) is 1.58. The Morgan fingerprint density at radius 2 is 2.03 bits per heavy atom. The van der Waals surface area contributed by atoms with Crippen molar-refractivity contribution in [3.8, 4) is 11.5 Å². The van der Waals surface area contributed by atoms with Crippen LogP contribution in [0.2, 0.25) is 0 Å². The number of aromatic nitrogens is 3. The van der Waals surface area contributed by atoms with Gasteiger partial charge in [0.1, 0.15) is 19.0 Å². The number of allylic oxidation sites excluding steroid dienone is 1. The highest BCUT2D eigenvalue weighted by molar-refractivity contribution is 9.10. The van der Waals surface area contributed by atoms with E-state index < -0.39 is 12.0 Å². The molecule has 1 aromatic heterocycles. The molecule has 9 heteroatoms. The normalized spacial score (nSPS) is 15.1. The van der Waals surface area contributed by atoms with Crippen molar-refractivity contribution in [2.45, 2.75) is 26.5 Å². The fraction of sp³-hybridized carbons (Fsp3) is 0.261. The summed E-state index contributed by atoms with van der Waals surface area (Å²) in [4.78, 5) is 17.5. The Kier molecular flexibility index (Phi) is 6.45. The van der Waals surface area contributed by atoms with Crippen molar-refractivity contribution in [3.63, 3.8) is 0 Å². The second-order valence-corrected chi connectivity index (χ2v) is 7.98. The lowest BCUT2D eigenvalue weighted by Crippen LogP contribution is -2.29. The summed E-state index contributed by atoms with van der Waals surface area (Å²) in [5, 5.41) is 7.51. The molecule has 4 rings (SSSR count). The van der Waals surface area contributed by atoms with Crippen molar-refractivity contribution in [3.05, 3.63) is 75.7 Å². The Balaban J connectivity index is 1.75. The zero-order valence-electron chi connectivity index (χ0n) is 18.0. The van der Waals surface area contributed by atoms with Gasteiger partial charge in [-0.05, 0) is 53.0 Å². The molecule has 0 amide bonds. The number of halogens is 1. The number of hydrogen-bond acceptors (Lipinski definition) is 7. The summed E-state index contributed by atoms with van der Waals surface area (Å²) in [6.45, 7) is 4.36. The van der Waals surface area contributed by atoms with Crippen LogP contribution in [0.4, 0.5) is 5.95 Å². The van der Waals surface area contributed by atoms with Crippen LogP contribution in [0.25, 0.3) is 0 Å². The van der Waals surface area contributed by atoms with Crippen molar-refractivity contribution >= 4 is 27.8 Å². The number of methoxy groups -OCH3 is 1. The standard InChI is InChI=1S/C23H23BrN4O4/c1-4-31-18-11-16(10-17(24)21(18)30-3)20-19(14(2)27-23-25-13-26-28(20)23)22(29)32-12-15-8-6-5-7-9-15/h5-11,13,20H,4,12H2,1-3H3,(H,25,26,27). The molecule has 0 spiro atoms. The van der Waals surface area contributed by atoms with Gasteiger partial charge in [0.05, 0.1) is 23.8 Å². The highest BCUT2D eigenvalue weighted by atomic mass is 79.9. The third-order valence-electron chi connectivity index (χ3n) is 5.08. The van der Waals surface area contributed by atoms with E-state index in [9.17, 15) is 4.79 Å². The van der Waals surface area contributed by atoms with E-state index in [0.29, 0.717) is 39.8 Å². The first-order valence-corrected chi connectivity index (χ1v) is 10.9. The van der Waals surface area contributed by atoms with Crippen LogP contribution in [-0.2, 0) is 16.1 Å². The van der Waals surface area contributed by atoms with Gasteiger partial charge in [0, 0.05) is 5.70 Å². The number of fused-ring (bicyclic) bond motifs is 1. The average molecular weight is 499 g/mol. The summed E-state index contributed by atoms with van der Waals surface area (Å²) in [6.07, 6.45) is 1.45. The molecule has 3 aromatic rings. The molecule has 8 nitrogen and oxygen atoms in total. The first-order chi connectivity index (χ1) is 15.5. The zero-order chi connectivity index (χ0) is 22.7. The molecule has 0 aliphatic carbocycles. The third-order valence-corrected chi connectivity index (χ3v) is 5.67. The molecule has 1 aliphatic heterocycles. The van der Waals surface area contributed by atoms with E-state index in [0.717, 1.165) is 11.1 Å². The van der Waals surface area contributed by atoms with Crippen molar-refractivity contribution in [1.29, 1.82) is 0 Å². The summed E-state index contributed by atoms with van der Waals surface area (Å²) < 4.78 is 19.3. The van der Waals surface area contributed by atoms with Gasteiger partial charge in [0.2, 0.25) is 5.95 Å². The lowest BCUT2D eigenvalue weighted by molar-refractivity contribution is -0.140. The molecule has 166 valence electrons. The van der Waals surface area contributed by atoms with Crippen molar-refractivity contribution in [1.82, 2.24) is 14.8 Å². The SMILES string of the molecule is CCOc1cc(C2C(C(=O)OCc3ccccc3)=C(C)Nc3ncnn32)cc(Br)c1OC. The van der Waals surface area contributed by atoms with E-state index in [2.05, 4.69) is 31.3 Å². The minimum atomic E-state index is -0.557. The molecule has 0 saturated carbocycles. The second-order valence-electron chi connectivity index (χ2n) is 7.12. The van der Waals surface area contributed by atoms with Crippen LogP contribution in [-0.4, -0.2) is 34.5 Å². The lowest BCUT2D eigenvalue weighted by atomic mass is 9.95. The first kappa shape index (κ1) is 21.9. The van der Waals surface area contributed by atoms with Gasteiger partial charge in [-0.2, -0.15) is 10.1 Å². The number of anilines is 1. The predicted molar refractivity (Wildman–Crippen MR) is 123 cm³/mol. The average Bonchev–Trinajstić information content (AvgIpc) is 3.25. The van der Waals surface area contributed by atoms with E-state index >= 15 is 0 Å². The number of rotatable bonds is 7. The van der Waals surface area contributed by atoms with Crippen LogP contribution >= 0.6 is 15.9 Å². The van der Waals surface area contributed by atoms with Gasteiger partial charge in [0.15, 0.2) is 11.5 Å². The van der Waals surface area contributed by atoms with Gasteiger partial charge in [-0.3, -0.25) is 0 Å². The molecule has 2 heterocycles. The van der Waals surface area contributed by atoms with E-state index in [1.807, 2.05) is 56.3 Å². The maximum absolute atomic E-state index is 13.3. The fourth-order valence-corrected chi connectivity index (χ4v) is 4.29. The van der Waals surface area contributed by atoms with Crippen LogP contribution in [0.15, 0.2) is 64.5 Å². The number of nitrogens with one attached hydrogen (secondary N) is 1. The number of ether oxygens (including phenoxy) is 3. The smallest absolute Gasteiger partial charge is 0.338 e. The maximum atomic E-state index is 13.3. The summed E-state index contributed by atoms with van der Waals surface area (Å²) in [6, 6.07) is 12.7. The van der Waals surface area contributed by atoms with E-state index in [4.69, 9.17) is 14.2 Å². The Bertz CT molecular complexity index is 1160. The number of carbonyl (C=O) groups is 1. The Hall–Kier alpha value is -3.33. The number of esters is 1. The van der Waals surface area contributed by atoms with Gasteiger partial charge in [-0.1, -0.05) is 30.3 Å². The van der Waals surface area contributed by atoms with Crippen LogP contribution in [0.3, 0.4) is 0 Å². The highest BCUT2D eigenvalue weighted by Gasteiger charge is 2.35. The van der Waals surface area contributed by atoms with Crippen LogP contribution in [0.1, 0.15) is 31.0 Å². The predicted octanol–water partition coefficient (Wildman–Crippen LogP) is 4.48. The Labute approximate surface area is 194 Å². The molecule has 0 radical (unpaired) electrons. The molecule has 1 N–H and O–H groups in total. The topological polar surface area (TPSA) is 87.5 Å². The molecule has 32 heavy (non-hydrogen) atoms. The molecule has 1 atom stereocenters. The number of carbonyl (C=O) groups excluding carboxylic acids is 1. The lowest BCUT2D eigenvalue weighted by Gasteiger charge is -2.29. The molecule has 0 bridgehead atoms. The van der Waals surface area contributed by atoms with Gasteiger partial charge < -0.3 is 19.5 Å². The second kappa shape index (κ2) is 9.44. The van der Waals surface area contributed by atoms with Crippen molar-refractivity contribution < 1.29 is 19.0 Å². The summed E-state index contributed by atoms with van der Waals surface area (Å²) in [5.74, 6) is 1.25. The summed E-state index contributed by atoms with van der Waals surface area (Å²) in [5.41, 5.74) is 2.78. The highest BCUT2D eigenvalue weighted by Crippen LogP contribution is 2.42. The van der Waals surface area contributed by atoms with Crippen LogP contribution < -0.4 is 14.8 Å². The Morgan fingerprint density at radius 3 is 2.75 bits per heavy atom.